The molecule has 2 unspecified atom stereocenters. The van der Waals surface area contributed by atoms with Gasteiger partial charge in [0.15, 0.2) is 5.03 Å². The van der Waals surface area contributed by atoms with E-state index in [9.17, 15) is 8.42 Å². The Bertz CT molecular complexity index is 460. The molecule has 1 aliphatic heterocycles. The third-order valence-corrected chi connectivity index (χ3v) is 5.05. The number of piperidine rings is 1. The summed E-state index contributed by atoms with van der Waals surface area (Å²) in [6.45, 7) is 2.99. The maximum absolute atomic E-state index is 12.2. The lowest BCUT2D eigenvalue weighted by atomic mass is 9.93. The SMILES string of the molecule is CC(N)C1CCCN(S(=O)(=O)c2cnc[nH]2)C1.Cl. The van der Waals surface area contributed by atoms with Crippen molar-refractivity contribution in [2.45, 2.75) is 30.8 Å². The van der Waals surface area contributed by atoms with Crippen LogP contribution in [0, 0.1) is 5.92 Å². The maximum atomic E-state index is 12.2. The minimum atomic E-state index is -3.43. The minimum Gasteiger partial charge on any atom is -0.335 e. The van der Waals surface area contributed by atoms with Crippen LogP contribution in [0.4, 0.5) is 0 Å². The molecular formula is C10H19ClN4O2S. The Morgan fingerprint density at radius 1 is 1.61 bits per heavy atom. The molecule has 2 heterocycles. The molecule has 0 radical (unpaired) electrons. The number of nitrogens with one attached hydrogen (secondary N) is 1. The van der Waals surface area contributed by atoms with Crippen molar-refractivity contribution in [1.82, 2.24) is 14.3 Å². The Hall–Kier alpha value is -0.630. The molecule has 0 saturated carbocycles. The average Bonchev–Trinajstić information content (AvgIpc) is 2.83. The van der Waals surface area contributed by atoms with E-state index in [1.165, 1.54) is 16.8 Å². The largest absolute Gasteiger partial charge is 0.335 e. The molecule has 1 aromatic rings. The maximum Gasteiger partial charge on any atom is 0.260 e. The molecule has 2 rings (SSSR count). The van der Waals surface area contributed by atoms with Gasteiger partial charge >= 0.3 is 0 Å². The minimum absolute atomic E-state index is 0. The number of nitrogens with two attached hydrogens (primary N) is 1. The van der Waals surface area contributed by atoms with Crippen LogP contribution in [-0.2, 0) is 10.0 Å². The van der Waals surface area contributed by atoms with E-state index >= 15 is 0 Å². The molecule has 0 aromatic carbocycles. The molecule has 1 saturated heterocycles. The Morgan fingerprint density at radius 2 is 2.33 bits per heavy atom. The summed E-state index contributed by atoms with van der Waals surface area (Å²) < 4.78 is 26.0. The first kappa shape index (κ1) is 15.4. The summed E-state index contributed by atoms with van der Waals surface area (Å²) in [5, 5.41) is 0.155. The third kappa shape index (κ3) is 3.03. The van der Waals surface area contributed by atoms with Gasteiger partial charge in [0.05, 0.1) is 12.5 Å². The van der Waals surface area contributed by atoms with Crippen molar-refractivity contribution in [3.8, 4) is 0 Å². The fourth-order valence-electron chi connectivity index (χ4n) is 2.14. The fourth-order valence-corrected chi connectivity index (χ4v) is 3.58. The second-order valence-corrected chi connectivity index (χ2v) is 6.45. The first-order chi connectivity index (χ1) is 8.01. The summed E-state index contributed by atoms with van der Waals surface area (Å²) in [6.07, 6.45) is 4.57. The van der Waals surface area contributed by atoms with Gasteiger partial charge in [0.1, 0.15) is 0 Å². The van der Waals surface area contributed by atoms with Crippen molar-refractivity contribution in [3.63, 3.8) is 0 Å². The van der Waals surface area contributed by atoms with Crippen molar-refractivity contribution in [2.75, 3.05) is 13.1 Å². The number of halogens is 1. The molecule has 1 fully saturated rings. The second kappa shape index (κ2) is 6.01. The first-order valence-electron chi connectivity index (χ1n) is 5.76. The predicted molar refractivity (Wildman–Crippen MR) is 71.0 cm³/mol. The second-order valence-electron chi connectivity index (χ2n) is 4.54. The molecule has 0 amide bonds. The standard InChI is InChI=1S/C10H18N4O2S.ClH/c1-8(11)9-3-2-4-14(6-9)17(15,16)10-5-12-7-13-10;/h5,7-9H,2-4,6,11H2,1H3,(H,12,13);1H. The number of sulfonamides is 1. The van der Waals surface area contributed by atoms with Gasteiger partial charge in [-0.05, 0) is 25.7 Å². The highest BCUT2D eigenvalue weighted by Crippen LogP contribution is 2.23. The summed E-state index contributed by atoms with van der Waals surface area (Å²) >= 11 is 0. The zero-order valence-corrected chi connectivity index (χ0v) is 11.9. The number of hydrogen-bond acceptors (Lipinski definition) is 4. The van der Waals surface area contributed by atoms with Crippen LogP contribution in [0.15, 0.2) is 17.6 Å². The van der Waals surface area contributed by atoms with E-state index in [0.717, 1.165) is 12.8 Å². The van der Waals surface area contributed by atoms with E-state index in [4.69, 9.17) is 5.73 Å². The molecule has 0 spiro atoms. The van der Waals surface area contributed by atoms with E-state index in [1.54, 1.807) is 0 Å². The first-order valence-corrected chi connectivity index (χ1v) is 7.20. The van der Waals surface area contributed by atoms with Gasteiger partial charge in [0, 0.05) is 19.1 Å². The zero-order valence-electron chi connectivity index (χ0n) is 10.2. The van der Waals surface area contributed by atoms with Gasteiger partial charge in [-0.3, -0.25) is 0 Å². The fraction of sp³-hybridized carbons (Fsp3) is 0.700. The summed E-state index contributed by atoms with van der Waals surface area (Å²) in [5.41, 5.74) is 5.85. The molecular weight excluding hydrogens is 276 g/mol. The van der Waals surface area contributed by atoms with Gasteiger partial charge in [-0.2, -0.15) is 4.31 Å². The monoisotopic (exact) mass is 294 g/mol. The Balaban J connectivity index is 0.00000162. The highest BCUT2D eigenvalue weighted by molar-refractivity contribution is 7.89. The van der Waals surface area contributed by atoms with Crippen LogP contribution in [0.2, 0.25) is 0 Å². The summed E-state index contributed by atoms with van der Waals surface area (Å²) in [7, 11) is -3.43. The van der Waals surface area contributed by atoms with Gasteiger partial charge in [0.2, 0.25) is 0 Å². The molecule has 3 N–H and O–H groups in total. The lowest BCUT2D eigenvalue weighted by Crippen LogP contribution is -2.45. The lowest BCUT2D eigenvalue weighted by Gasteiger charge is -2.33. The van der Waals surface area contributed by atoms with Crippen LogP contribution in [0.3, 0.4) is 0 Å². The van der Waals surface area contributed by atoms with Crippen molar-refractivity contribution in [2.24, 2.45) is 11.7 Å². The Labute approximate surface area is 113 Å². The van der Waals surface area contributed by atoms with E-state index in [2.05, 4.69) is 9.97 Å². The van der Waals surface area contributed by atoms with E-state index in [-0.39, 0.29) is 29.4 Å². The predicted octanol–water partition coefficient (Wildman–Crippen LogP) is 0.579. The van der Waals surface area contributed by atoms with Crippen LogP contribution < -0.4 is 5.73 Å². The van der Waals surface area contributed by atoms with Gasteiger partial charge in [0.25, 0.3) is 10.0 Å². The number of aromatic amines is 1. The number of imidazole rings is 1. The van der Waals surface area contributed by atoms with Gasteiger partial charge < -0.3 is 10.7 Å². The van der Waals surface area contributed by atoms with Crippen molar-refractivity contribution >= 4 is 22.4 Å². The van der Waals surface area contributed by atoms with Crippen LogP contribution in [0.1, 0.15) is 19.8 Å². The molecule has 8 heteroatoms. The summed E-state index contributed by atoms with van der Waals surface area (Å²) in [5.74, 6) is 0.237. The molecule has 104 valence electrons. The Kier molecular flexibility index (Phi) is 5.15. The quantitative estimate of drug-likeness (QED) is 0.853. The molecule has 2 atom stereocenters. The molecule has 18 heavy (non-hydrogen) atoms. The molecule has 1 aliphatic rings. The Morgan fingerprint density at radius 3 is 2.89 bits per heavy atom. The van der Waals surface area contributed by atoms with Crippen molar-refractivity contribution in [3.05, 3.63) is 12.5 Å². The van der Waals surface area contributed by atoms with E-state index in [1.807, 2.05) is 6.92 Å². The van der Waals surface area contributed by atoms with Crippen molar-refractivity contribution in [1.29, 1.82) is 0 Å². The van der Waals surface area contributed by atoms with E-state index in [0.29, 0.717) is 13.1 Å². The van der Waals surface area contributed by atoms with Gasteiger partial charge in [-0.15, -0.1) is 12.4 Å². The summed E-state index contributed by atoms with van der Waals surface area (Å²) in [4.78, 5) is 6.40. The number of nitrogens with zero attached hydrogens (tertiary/aromatic N) is 2. The molecule has 0 bridgehead atoms. The number of aromatic nitrogens is 2. The van der Waals surface area contributed by atoms with Crippen molar-refractivity contribution < 1.29 is 8.42 Å². The number of rotatable bonds is 3. The molecule has 1 aromatic heterocycles. The van der Waals surface area contributed by atoms with Crippen LogP contribution >= 0.6 is 12.4 Å². The average molecular weight is 295 g/mol. The smallest absolute Gasteiger partial charge is 0.260 e. The highest BCUT2D eigenvalue weighted by atomic mass is 35.5. The van der Waals surface area contributed by atoms with Crippen LogP contribution in [-0.4, -0.2) is 41.8 Å². The number of hydrogen-bond donors (Lipinski definition) is 2. The van der Waals surface area contributed by atoms with Gasteiger partial charge in [-0.1, -0.05) is 0 Å². The topological polar surface area (TPSA) is 92.1 Å². The van der Waals surface area contributed by atoms with Crippen LogP contribution in [0.5, 0.6) is 0 Å². The van der Waals surface area contributed by atoms with E-state index < -0.39 is 10.0 Å². The van der Waals surface area contributed by atoms with Gasteiger partial charge in [-0.25, -0.2) is 13.4 Å². The zero-order chi connectivity index (χ0) is 12.5. The molecule has 0 aliphatic carbocycles. The summed E-state index contributed by atoms with van der Waals surface area (Å²) in [6, 6.07) is 0.0229. The molecule has 6 nitrogen and oxygen atoms in total. The number of H-pyrrole nitrogens is 1. The highest BCUT2D eigenvalue weighted by Gasteiger charge is 2.32. The lowest BCUT2D eigenvalue weighted by molar-refractivity contribution is 0.243. The van der Waals surface area contributed by atoms with Crippen LogP contribution in [0.25, 0.3) is 0 Å². The normalized spacial score (nSPS) is 23.3. The third-order valence-electron chi connectivity index (χ3n) is 3.26.